The fraction of sp³-hybridized carbons (Fsp3) is 0.765. The van der Waals surface area contributed by atoms with Gasteiger partial charge in [-0.25, -0.2) is 9.97 Å². The van der Waals surface area contributed by atoms with E-state index in [4.69, 9.17) is 9.97 Å². The summed E-state index contributed by atoms with van der Waals surface area (Å²) in [5.74, 6) is 3.38. The van der Waals surface area contributed by atoms with Gasteiger partial charge in [0.15, 0.2) is 0 Å². The van der Waals surface area contributed by atoms with Crippen LogP contribution in [0.5, 0.6) is 0 Å². The summed E-state index contributed by atoms with van der Waals surface area (Å²) >= 11 is 0. The summed E-state index contributed by atoms with van der Waals surface area (Å²) < 4.78 is 0. The van der Waals surface area contributed by atoms with Crippen molar-refractivity contribution in [1.29, 1.82) is 0 Å². The molecule has 0 amide bonds. The maximum Gasteiger partial charge on any atom is 0.131 e. The number of aromatic nitrogens is 2. The molecular weight excluding hydrogens is 246 g/mol. The second kappa shape index (κ2) is 7.16. The minimum absolute atomic E-state index is 0.574. The lowest BCUT2D eigenvalue weighted by Crippen LogP contribution is -2.20. The highest BCUT2D eigenvalue weighted by atomic mass is 14.9. The molecule has 1 aliphatic carbocycles. The highest BCUT2D eigenvalue weighted by Crippen LogP contribution is 2.37. The average molecular weight is 275 g/mol. The van der Waals surface area contributed by atoms with Crippen LogP contribution in [0.15, 0.2) is 6.07 Å². The van der Waals surface area contributed by atoms with E-state index >= 15 is 0 Å². The number of hydrogen-bond acceptors (Lipinski definition) is 3. The van der Waals surface area contributed by atoms with Crippen molar-refractivity contribution < 1.29 is 0 Å². The SMILES string of the molecule is CCNCc1cc(C)nc(C2CCC(C(C)C)CC2)n1. The standard InChI is InChI=1S/C17H29N3/c1-5-18-11-16-10-13(4)19-17(20-16)15-8-6-14(7-9-15)12(2)3/h10,12,14-15,18H,5-9,11H2,1-4H3. The van der Waals surface area contributed by atoms with Crippen LogP contribution in [0, 0.1) is 18.8 Å². The quantitative estimate of drug-likeness (QED) is 0.887. The van der Waals surface area contributed by atoms with E-state index in [1.54, 1.807) is 0 Å². The Hall–Kier alpha value is -0.960. The Morgan fingerprint density at radius 2 is 1.90 bits per heavy atom. The summed E-state index contributed by atoms with van der Waals surface area (Å²) in [5.41, 5.74) is 2.24. The van der Waals surface area contributed by atoms with Crippen LogP contribution < -0.4 is 5.32 Å². The minimum atomic E-state index is 0.574. The Morgan fingerprint density at radius 3 is 2.50 bits per heavy atom. The summed E-state index contributed by atoms with van der Waals surface area (Å²) in [6.45, 7) is 10.7. The van der Waals surface area contributed by atoms with E-state index in [2.05, 4.69) is 39.1 Å². The molecule has 3 heteroatoms. The van der Waals surface area contributed by atoms with Crippen molar-refractivity contribution in [3.63, 3.8) is 0 Å². The summed E-state index contributed by atoms with van der Waals surface area (Å²) in [5, 5.41) is 3.35. The lowest BCUT2D eigenvalue weighted by atomic mass is 9.76. The van der Waals surface area contributed by atoms with Gasteiger partial charge in [0, 0.05) is 18.2 Å². The van der Waals surface area contributed by atoms with Gasteiger partial charge in [-0.3, -0.25) is 0 Å². The van der Waals surface area contributed by atoms with Crippen molar-refractivity contribution in [3.8, 4) is 0 Å². The lowest BCUT2D eigenvalue weighted by molar-refractivity contribution is 0.254. The number of nitrogens with zero attached hydrogens (tertiary/aromatic N) is 2. The molecule has 0 bridgehead atoms. The van der Waals surface area contributed by atoms with Crippen molar-refractivity contribution in [2.75, 3.05) is 6.54 Å². The van der Waals surface area contributed by atoms with E-state index in [1.165, 1.54) is 25.7 Å². The molecule has 0 saturated heterocycles. The first-order valence-electron chi connectivity index (χ1n) is 8.15. The lowest BCUT2D eigenvalue weighted by Gasteiger charge is -2.30. The monoisotopic (exact) mass is 275 g/mol. The summed E-state index contributed by atoms with van der Waals surface area (Å²) in [6.07, 6.45) is 5.18. The van der Waals surface area contributed by atoms with Crippen LogP contribution in [0.2, 0.25) is 0 Å². The summed E-state index contributed by atoms with van der Waals surface area (Å²) in [4.78, 5) is 9.49. The molecule has 2 rings (SSSR count). The van der Waals surface area contributed by atoms with Gasteiger partial charge in [-0.15, -0.1) is 0 Å². The third-order valence-corrected chi connectivity index (χ3v) is 4.56. The zero-order valence-corrected chi connectivity index (χ0v) is 13.4. The molecule has 1 heterocycles. The highest BCUT2D eigenvalue weighted by molar-refractivity contribution is 5.13. The minimum Gasteiger partial charge on any atom is -0.311 e. The molecule has 3 nitrogen and oxygen atoms in total. The van der Waals surface area contributed by atoms with Crippen molar-refractivity contribution in [1.82, 2.24) is 15.3 Å². The molecule has 112 valence electrons. The second-order valence-electron chi connectivity index (χ2n) is 6.49. The number of nitrogens with one attached hydrogen (secondary N) is 1. The van der Waals surface area contributed by atoms with E-state index < -0.39 is 0 Å². The molecule has 0 radical (unpaired) electrons. The van der Waals surface area contributed by atoms with Gasteiger partial charge in [-0.2, -0.15) is 0 Å². The molecular formula is C17H29N3. The van der Waals surface area contributed by atoms with Crippen LogP contribution in [0.25, 0.3) is 0 Å². The number of hydrogen-bond donors (Lipinski definition) is 1. The predicted molar refractivity (Wildman–Crippen MR) is 83.7 cm³/mol. The molecule has 1 aromatic rings. The third kappa shape index (κ3) is 4.02. The van der Waals surface area contributed by atoms with Gasteiger partial charge < -0.3 is 5.32 Å². The van der Waals surface area contributed by atoms with E-state index in [0.717, 1.165) is 42.1 Å². The van der Waals surface area contributed by atoms with Crippen molar-refractivity contribution in [3.05, 3.63) is 23.3 Å². The topological polar surface area (TPSA) is 37.8 Å². The number of rotatable bonds is 5. The zero-order chi connectivity index (χ0) is 14.5. The largest absolute Gasteiger partial charge is 0.311 e. The smallest absolute Gasteiger partial charge is 0.131 e. The van der Waals surface area contributed by atoms with Crippen molar-refractivity contribution in [2.24, 2.45) is 11.8 Å². The number of aryl methyl sites for hydroxylation is 1. The fourth-order valence-corrected chi connectivity index (χ4v) is 3.23. The van der Waals surface area contributed by atoms with Gasteiger partial charge in [0.2, 0.25) is 0 Å². The fourth-order valence-electron chi connectivity index (χ4n) is 3.23. The Kier molecular flexibility index (Phi) is 5.53. The van der Waals surface area contributed by atoms with Crippen LogP contribution in [0.3, 0.4) is 0 Å². The molecule has 20 heavy (non-hydrogen) atoms. The van der Waals surface area contributed by atoms with Crippen LogP contribution in [-0.2, 0) is 6.54 Å². The van der Waals surface area contributed by atoms with E-state index in [-0.39, 0.29) is 0 Å². The van der Waals surface area contributed by atoms with E-state index in [1.807, 2.05) is 0 Å². The predicted octanol–water partition coefficient (Wildman–Crippen LogP) is 3.82. The van der Waals surface area contributed by atoms with Gasteiger partial charge in [0.05, 0.1) is 5.69 Å². The van der Waals surface area contributed by atoms with Crippen molar-refractivity contribution in [2.45, 2.75) is 65.8 Å². The Labute approximate surface area is 123 Å². The molecule has 0 atom stereocenters. The van der Waals surface area contributed by atoms with Crippen LogP contribution in [-0.4, -0.2) is 16.5 Å². The zero-order valence-electron chi connectivity index (χ0n) is 13.4. The highest BCUT2D eigenvalue weighted by Gasteiger charge is 2.26. The van der Waals surface area contributed by atoms with E-state index in [0.29, 0.717) is 5.92 Å². The average Bonchev–Trinajstić information content (AvgIpc) is 2.44. The van der Waals surface area contributed by atoms with Crippen LogP contribution in [0.4, 0.5) is 0 Å². The molecule has 0 aliphatic heterocycles. The molecule has 0 spiro atoms. The van der Waals surface area contributed by atoms with Gasteiger partial charge in [0.1, 0.15) is 5.82 Å². The third-order valence-electron chi connectivity index (χ3n) is 4.56. The molecule has 1 aliphatic rings. The first kappa shape index (κ1) is 15.4. The molecule has 1 fully saturated rings. The molecule has 1 N–H and O–H groups in total. The Balaban J connectivity index is 2.03. The Bertz CT molecular complexity index is 420. The normalized spacial score (nSPS) is 23.2. The van der Waals surface area contributed by atoms with Gasteiger partial charge in [-0.05, 0) is 57.1 Å². The molecule has 0 unspecified atom stereocenters. The van der Waals surface area contributed by atoms with E-state index in [9.17, 15) is 0 Å². The summed E-state index contributed by atoms with van der Waals surface area (Å²) in [7, 11) is 0. The maximum atomic E-state index is 4.79. The van der Waals surface area contributed by atoms with Crippen LogP contribution >= 0.6 is 0 Å². The van der Waals surface area contributed by atoms with Gasteiger partial charge in [-0.1, -0.05) is 20.8 Å². The molecule has 0 aromatic carbocycles. The van der Waals surface area contributed by atoms with Crippen molar-refractivity contribution >= 4 is 0 Å². The van der Waals surface area contributed by atoms with Gasteiger partial charge >= 0.3 is 0 Å². The molecule has 1 aromatic heterocycles. The Morgan fingerprint density at radius 1 is 1.20 bits per heavy atom. The van der Waals surface area contributed by atoms with Gasteiger partial charge in [0.25, 0.3) is 0 Å². The maximum absolute atomic E-state index is 4.79. The first-order chi connectivity index (χ1) is 9.60. The second-order valence-corrected chi connectivity index (χ2v) is 6.49. The first-order valence-corrected chi connectivity index (χ1v) is 8.15. The van der Waals surface area contributed by atoms with Crippen LogP contribution in [0.1, 0.15) is 69.6 Å². The molecule has 1 saturated carbocycles. The summed E-state index contributed by atoms with van der Waals surface area (Å²) in [6, 6.07) is 2.10.